The maximum Gasteiger partial charge on any atom is 0.320 e. The number of carbonyl (C=O) groups excluding carboxylic acids is 1. The smallest absolute Gasteiger partial charge is 0.320 e. The van der Waals surface area contributed by atoms with Crippen molar-refractivity contribution in [2.75, 3.05) is 12.4 Å². The molecule has 2 aromatic heterocycles. The molecular weight excluding hydrogens is 381 g/mol. The molecule has 0 radical (unpaired) electrons. The Hall–Kier alpha value is -3.24. The molecule has 0 fully saturated rings. The highest BCUT2D eigenvalue weighted by atomic mass is 19.1. The van der Waals surface area contributed by atoms with Gasteiger partial charge in [0.15, 0.2) is 0 Å². The Morgan fingerprint density at radius 3 is 2.62 bits per heavy atom. The lowest BCUT2D eigenvalue weighted by Crippen LogP contribution is -2.44. The molecule has 0 aliphatic carbocycles. The first-order valence-corrected chi connectivity index (χ1v) is 8.81. The maximum atomic E-state index is 13.2. The summed E-state index contributed by atoms with van der Waals surface area (Å²) in [6, 6.07) is 5.58. The maximum absolute atomic E-state index is 13.2. The van der Waals surface area contributed by atoms with E-state index in [1.54, 1.807) is 6.07 Å². The van der Waals surface area contributed by atoms with Crippen molar-refractivity contribution in [1.29, 1.82) is 0 Å². The predicted octanol–water partition coefficient (Wildman–Crippen LogP) is 2.23. The Balaban J connectivity index is 1.84. The summed E-state index contributed by atoms with van der Waals surface area (Å²) >= 11 is 0. The van der Waals surface area contributed by atoms with Crippen molar-refractivity contribution in [2.24, 2.45) is 0 Å². The number of nitrogens with zero attached hydrogens (tertiary/aromatic N) is 2. The predicted molar refractivity (Wildman–Crippen MR) is 104 cm³/mol. The number of hydrogen-bond donors (Lipinski definition) is 5. The van der Waals surface area contributed by atoms with E-state index >= 15 is 0 Å². The van der Waals surface area contributed by atoms with Crippen LogP contribution in [0.3, 0.4) is 0 Å². The van der Waals surface area contributed by atoms with Crippen LogP contribution < -0.4 is 15.4 Å². The van der Waals surface area contributed by atoms with Crippen LogP contribution in [-0.4, -0.2) is 44.1 Å². The number of H-pyrrole nitrogens is 1. The van der Waals surface area contributed by atoms with Gasteiger partial charge in [0.05, 0.1) is 42.0 Å². The third kappa shape index (κ3) is 4.44. The van der Waals surface area contributed by atoms with Crippen LogP contribution in [0.25, 0.3) is 10.9 Å². The molecule has 0 aliphatic rings. The van der Waals surface area contributed by atoms with E-state index in [0.29, 0.717) is 16.5 Å². The van der Waals surface area contributed by atoms with Gasteiger partial charge < -0.3 is 20.3 Å². The highest BCUT2D eigenvalue weighted by molar-refractivity contribution is 5.93. The molecule has 0 saturated carbocycles. The Morgan fingerprint density at radius 1 is 1.34 bits per heavy atom. The van der Waals surface area contributed by atoms with Gasteiger partial charge in [-0.25, -0.2) is 14.2 Å². The van der Waals surface area contributed by atoms with Crippen LogP contribution in [0.5, 0.6) is 5.88 Å². The van der Waals surface area contributed by atoms with Crippen LogP contribution in [-0.2, 0) is 6.61 Å². The molecule has 0 aliphatic heterocycles. The van der Waals surface area contributed by atoms with Crippen LogP contribution in [0.2, 0.25) is 0 Å². The summed E-state index contributed by atoms with van der Waals surface area (Å²) in [6.07, 6.45) is 0. The fourth-order valence-corrected chi connectivity index (χ4v) is 3.02. The monoisotopic (exact) mass is 403 g/mol. The molecule has 2 amide bonds. The molecule has 1 aromatic carbocycles. The molecule has 0 spiro atoms. The molecule has 10 heteroatoms. The number of rotatable bonds is 6. The molecular formula is C19H22FN5O4. The van der Waals surface area contributed by atoms with Gasteiger partial charge in [0, 0.05) is 6.07 Å². The third-order valence-electron chi connectivity index (χ3n) is 4.36. The molecule has 0 bridgehead atoms. The number of amides is 2. The van der Waals surface area contributed by atoms with Gasteiger partial charge in [-0.15, -0.1) is 5.10 Å². The van der Waals surface area contributed by atoms with E-state index in [4.69, 9.17) is 4.74 Å². The lowest BCUT2D eigenvalue weighted by Gasteiger charge is -2.30. The minimum absolute atomic E-state index is 0.166. The number of fused-ring (bicyclic) bond motifs is 1. The molecule has 1 atom stereocenters. The van der Waals surface area contributed by atoms with E-state index in [1.165, 1.54) is 45.2 Å². The SMILES string of the molecule is COc1n[nH]c2cc(NC(=O)NC(c3ccc(F)cc3)C(C)(C)O)nc(CO)c12. The quantitative estimate of drug-likeness (QED) is 0.429. The number of aromatic nitrogens is 3. The largest absolute Gasteiger partial charge is 0.479 e. The average molecular weight is 403 g/mol. The molecule has 9 nitrogen and oxygen atoms in total. The van der Waals surface area contributed by atoms with Gasteiger partial charge in [-0.3, -0.25) is 10.4 Å². The first-order chi connectivity index (χ1) is 13.7. The number of halogens is 1. The third-order valence-corrected chi connectivity index (χ3v) is 4.36. The van der Waals surface area contributed by atoms with Crippen molar-refractivity contribution >= 4 is 22.8 Å². The van der Waals surface area contributed by atoms with E-state index in [1.807, 2.05) is 0 Å². The van der Waals surface area contributed by atoms with Gasteiger partial charge in [0.1, 0.15) is 11.6 Å². The number of nitrogens with one attached hydrogen (secondary N) is 3. The van der Waals surface area contributed by atoms with Crippen LogP contribution in [0.4, 0.5) is 15.0 Å². The van der Waals surface area contributed by atoms with E-state index in [-0.39, 0.29) is 24.0 Å². The zero-order chi connectivity index (χ0) is 21.2. The van der Waals surface area contributed by atoms with Crippen molar-refractivity contribution in [1.82, 2.24) is 20.5 Å². The van der Waals surface area contributed by atoms with Crippen molar-refractivity contribution < 1.29 is 24.1 Å². The number of pyridine rings is 1. The Bertz CT molecular complexity index is 1010. The van der Waals surface area contributed by atoms with Crippen molar-refractivity contribution in [2.45, 2.75) is 32.1 Å². The molecule has 3 aromatic rings. The number of methoxy groups -OCH3 is 1. The summed E-state index contributed by atoms with van der Waals surface area (Å²) in [5.41, 5.74) is 0.0149. The van der Waals surface area contributed by atoms with E-state index in [0.717, 1.165) is 0 Å². The molecule has 0 saturated heterocycles. The fraction of sp³-hybridized carbons (Fsp3) is 0.316. The summed E-state index contributed by atoms with van der Waals surface area (Å²) in [5, 5.41) is 32.5. The van der Waals surface area contributed by atoms with Crippen LogP contribution in [0.15, 0.2) is 30.3 Å². The van der Waals surface area contributed by atoms with E-state index in [9.17, 15) is 19.4 Å². The highest BCUT2D eigenvalue weighted by Gasteiger charge is 2.30. The molecule has 1 unspecified atom stereocenters. The van der Waals surface area contributed by atoms with E-state index < -0.39 is 23.5 Å². The first kappa shape index (κ1) is 20.5. The summed E-state index contributed by atoms with van der Waals surface area (Å²) in [5.74, 6) is 0.0293. The average Bonchev–Trinajstić information content (AvgIpc) is 3.08. The van der Waals surface area contributed by atoms with Gasteiger partial charge in [0.2, 0.25) is 5.88 Å². The van der Waals surface area contributed by atoms with Crippen molar-refractivity contribution in [3.8, 4) is 5.88 Å². The number of ether oxygens (including phenoxy) is 1. The zero-order valence-electron chi connectivity index (χ0n) is 16.2. The number of aromatic amines is 1. The Morgan fingerprint density at radius 2 is 2.03 bits per heavy atom. The Kier molecular flexibility index (Phi) is 5.66. The van der Waals surface area contributed by atoms with Gasteiger partial charge >= 0.3 is 6.03 Å². The summed E-state index contributed by atoms with van der Waals surface area (Å²) in [7, 11) is 1.45. The number of urea groups is 1. The van der Waals surface area contributed by atoms with Gasteiger partial charge in [0.25, 0.3) is 0 Å². The normalized spacial score (nSPS) is 12.6. The number of aliphatic hydroxyl groups excluding tert-OH is 1. The zero-order valence-corrected chi connectivity index (χ0v) is 16.2. The topological polar surface area (TPSA) is 132 Å². The summed E-state index contributed by atoms with van der Waals surface area (Å²) in [4.78, 5) is 16.8. The number of anilines is 1. The number of carbonyl (C=O) groups is 1. The minimum Gasteiger partial charge on any atom is -0.479 e. The van der Waals surface area contributed by atoms with Gasteiger partial charge in [-0.2, -0.15) is 0 Å². The second-order valence-corrected chi connectivity index (χ2v) is 7.00. The molecule has 3 rings (SSSR count). The number of benzene rings is 1. The lowest BCUT2D eigenvalue weighted by molar-refractivity contribution is 0.0415. The fourth-order valence-electron chi connectivity index (χ4n) is 3.02. The van der Waals surface area contributed by atoms with Gasteiger partial charge in [-0.1, -0.05) is 12.1 Å². The number of aliphatic hydroxyl groups is 2. The van der Waals surface area contributed by atoms with E-state index in [2.05, 4.69) is 25.8 Å². The second kappa shape index (κ2) is 8.02. The lowest BCUT2D eigenvalue weighted by atomic mass is 9.92. The minimum atomic E-state index is -1.32. The number of hydrogen-bond acceptors (Lipinski definition) is 6. The summed E-state index contributed by atoms with van der Waals surface area (Å²) in [6.45, 7) is 2.68. The molecule has 29 heavy (non-hydrogen) atoms. The molecule has 2 heterocycles. The first-order valence-electron chi connectivity index (χ1n) is 8.81. The van der Waals surface area contributed by atoms with Crippen molar-refractivity contribution in [3.63, 3.8) is 0 Å². The van der Waals surface area contributed by atoms with Crippen LogP contribution in [0, 0.1) is 5.82 Å². The molecule has 5 N–H and O–H groups in total. The van der Waals surface area contributed by atoms with Gasteiger partial charge in [-0.05, 0) is 31.5 Å². The second-order valence-electron chi connectivity index (χ2n) is 7.00. The standard InChI is InChI=1S/C19H22FN5O4/c1-19(2,28)16(10-4-6-11(20)7-5-10)23-18(27)22-14-8-12-15(13(9-26)21-14)17(29-3)25-24-12/h4-8,16,26,28H,9H2,1-3H3,(H,24,25)(H2,21,22,23,27). The highest BCUT2D eigenvalue weighted by Crippen LogP contribution is 2.28. The summed E-state index contributed by atoms with van der Waals surface area (Å²) < 4.78 is 18.3. The van der Waals surface area contributed by atoms with Crippen LogP contribution in [0.1, 0.15) is 31.1 Å². The Labute approximate surface area is 165 Å². The van der Waals surface area contributed by atoms with Crippen molar-refractivity contribution in [3.05, 3.63) is 47.4 Å². The van der Waals surface area contributed by atoms with Crippen LogP contribution >= 0.6 is 0 Å². The molecule has 154 valence electrons.